The van der Waals surface area contributed by atoms with Gasteiger partial charge in [-0.1, -0.05) is 53.9 Å². The van der Waals surface area contributed by atoms with Crippen molar-refractivity contribution in [2.24, 2.45) is 52.3 Å². The summed E-state index contributed by atoms with van der Waals surface area (Å²) in [6, 6.07) is 0. The Balaban J connectivity index is 1.46. The summed E-state index contributed by atoms with van der Waals surface area (Å²) >= 11 is 0. The second-order valence-electron chi connectivity index (χ2n) is 13.2. The molecule has 31 heavy (non-hydrogen) atoms. The minimum atomic E-state index is -0.315. The van der Waals surface area contributed by atoms with Gasteiger partial charge in [-0.25, -0.2) is 0 Å². The molecule has 4 saturated carbocycles. The lowest BCUT2D eigenvalue weighted by Crippen LogP contribution is -2.56. The van der Waals surface area contributed by atoms with E-state index in [4.69, 9.17) is 9.47 Å². The second-order valence-corrected chi connectivity index (χ2v) is 13.2. The van der Waals surface area contributed by atoms with E-state index in [9.17, 15) is 0 Å². The highest BCUT2D eigenvalue weighted by atomic mass is 16.7. The number of ether oxygens (including phenoxy) is 2. The van der Waals surface area contributed by atoms with Crippen LogP contribution in [0.3, 0.4) is 0 Å². The Morgan fingerprint density at radius 2 is 1.48 bits per heavy atom. The molecule has 180 valence electrons. The zero-order valence-corrected chi connectivity index (χ0v) is 21.8. The normalized spacial score (nSPS) is 45.1. The van der Waals surface area contributed by atoms with Crippen molar-refractivity contribution in [2.75, 3.05) is 14.2 Å². The van der Waals surface area contributed by atoms with Crippen molar-refractivity contribution in [2.45, 2.75) is 117 Å². The number of rotatable bonds is 7. The Bertz CT molecular complexity index is 610. The van der Waals surface area contributed by atoms with E-state index >= 15 is 0 Å². The van der Waals surface area contributed by atoms with Gasteiger partial charge >= 0.3 is 0 Å². The highest BCUT2D eigenvalue weighted by molar-refractivity contribution is 5.10. The molecular formula is C29H52O2. The molecule has 0 unspecified atom stereocenters. The van der Waals surface area contributed by atoms with Gasteiger partial charge in [0.05, 0.1) is 0 Å². The largest absolute Gasteiger partial charge is 0.353 e. The molecule has 4 fully saturated rings. The van der Waals surface area contributed by atoms with E-state index in [1.54, 1.807) is 0 Å². The first kappa shape index (κ1) is 24.1. The molecule has 0 radical (unpaired) electrons. The molecule has 4 rings (SSSR count). The molecule has 0 amide bonds. The molecule has 2 heteroatoms. The lowest BCUT2D eigenvalue weighted by molar-refractivity contribution is -0.261. The average Bonchev–Trinajstić information content (AvgIpc) is 3.10. The van der Waals surface area contributed by atoms with Crippen molar-refractivity contribution in [3.8, 4) is 0 Å². The lowest BCUT2D eigenvalue weighted by atomic mass is 9.44. The average molecular weight is 433 g/mol. The zero-order chi connectivity index (χ0) is 22.4. The fourth-order valence-corrected chi connectivity index (χ4v) is 9.68. The molecule has 4 aliphatic carbocycles. The Morgan fingerprint density at radius 1 is 0.774 bits per heavy atom. The minimum absolute atomic E-state index is 0.315. The van der Waals surface area contributed by atoms with E-state index in [1.165, 1.54) is 64.2 Å². The van der Waals surface area contributed by atoms with Crippen molar-refractivity contribution < 1.29 is 9.47 Å². The first-order valence-electron chi connectivity index (χ1n) is 13.8. The smallest absolute Gasteiger partial charge is 0.167 e. The monoisotopic (exact) mass is 432 g/mol. The molecule has 0 aromatic carbocycles. The summed E-state index contributed by atoms with van der Waals surface area (Å²) in [6.45, 7) is 12.7. The van der Waals surface area contributed by atoms with E-state index in [0.29, 0.717) is 10.8 Å². The van der Waals surface area contributed by atoms with Crippen LogP contribution < -0.4 is 0 Å². The summed E-state index contributed by atoms with van der Waals surface area (Å²) in [6.07, 6.45) is 16.6. The maximum atomic E-state index is 5.91. The molecule has 0 spiro atoms. The highest BCUT2D eigenvalue weighted by Crippen LogP contribution is 2.69. The third-order valence-corrected chi connectivity index (χ3v) is 11.6. The predicted molar refractivity (Wildman–Crippen MR) is 130 cm³/mol. The van der Waals surface area contributed by atoms with Gasteiger partial charge in [0.1, 0.15) is 0 Å². The van der Waals surface area contributed by atoms with Crippen molar-refractivity contribution in [3.05, 3.63) is 0 Å². The number of hydrogen-bond acceptors (Lipinski definition) is 2. The summed E-state index contributed by atoms with van der Waals surface area (Å²) in [5.41, 5.74) is 1.12. The SMILES string of the molecule is COC1(OC)CC[C@@]2(C)[C@@H](CC[C@H]3[C@H]2CC[C@@]2(C)[C@@H]3CC[C@H]2[C@@H](C)CCCC(C)C)C1. The number of methoxy groups -OCH3 is 2. The van der Waals surface area contributed by atoms with E-state index < -0.39 is 0 Å². The first-order valence-corrected chi connectivity index (χ1v) is 13.8. The summed E-state index contributed by atoms with van der Waals surface area (Å²) in [5.74, 6) is 6.10. The van der Waals surface area contributed by atoms with E-state index in [-0.39, 0.29) is 5.79 Å². The quantitative estimate of drug-likeness (QED) is 0.378. The first-order chi connectivity index (χ1) is 14.7. The lowest BCUT2D eigenvalue weighted by Gasteiger charge is -2.62. The maximum Gasteiger partial charge on any atom is 0.167 e. The third-order valence-electron chi connectivity index (χ3n) is 11.6. The Morgan fingerprint density at radius 3 is 2.16 bits per heavy atom. The predicted octanol–water partition coefficient (Wildman–Crippen LogP) is 8.10. The van der Waals surface area contributed by atoms with Crippen LogP contribution in [0.15, 0.2) is 0 Å². The van der Waals surface area contributed by atoms with Gasteiger partial charge in [-0.05, 0) is 97.2 Å². The summed E-state index contributed by atoms with van der Waals surface area (Å²) in [4.78, 5) is 0. The van der Waals surface area contributed by atoms with Crippen molar-refractivity contribution in [3.63, 3.8) is 0 Å². The summed E-state index contributed by atoms with van der Waals surface area (Å²) in [5, 5.41) is 0. The van der Waals surface area contributed by atoms with Crippen LogP contribution in [-0.4, -0.2) is 20.0 Å². The Labute approximate surface area is 193 Å². The van der Waals surface area contributed by atoms with Gasteiger partial charge in [-0.15, -0.1) is 0 Å². The molecule has 0 bridgehead atoms. The highest BCUT2D eigenvalue weighted by Gasteiger charge is 2.61. The van der Waals surface area contributed by atoms with Gasteiger partial charge in [-0.3, -0.25) is 0 Å². The van der Waals surface area contributed by atoms with Crippen LogP contribution in [0.2, 0.25) is 0 Å². The van der Waals surface area contributed by atoms with Crippen LogP contribution in [0.25, 0.3) is 0 Å². The van der Waals surface area contributed by atoms with Gasteiger partial charge in [0.15, 0.2) is 5.79 Å². The van der Waals surface area contributed by atoms with Crippen LogP contribution in [0.5, 0.6) is 0 Å². The topological polar surface area (TPSA) is 18.5 Å². The van der Waals surface area contributed by atoms with Crippen molar-refractivity contribution in [1.82, 2.24) is 0 Å². The van der Waals surface area contributed by atoms with E-state index in [0.717, 1.165) is 54.3 Å². The summed E-state index contributed by atoms with van der Waals surface area (Å²) in [7, 11) is 3.70. The van der Waals surface area contributed by atoms with Crippen LogP contribution in [-0.2, 0) is 9.47 Å². The Kier molecular flexibility index (Phi) is 6.93. The van der Waals surface area contributed by atoms with Crippen LogP contribution in [0, 0.1) is 52.3 Å². The molecule has 0 heterocycles. The van der Waals surface area contributed by atoms with E-state index in [2.05, 4.69) is 34.6 Å². The van der Waals surface area contributed by atoms with Gasteiger partial charge in [0.25, 0.3) is 0 Å². The van der Waals surface area contributed by atoms with Gasteiger partial charge in [0.2, 0.25) is 0 Å². The fourth-order valence-electron chi connectivity index (χ4n) is 9.68. The molecule has 2 nitrogen and oxygen atoms in total. The Hall–Kier alpha value is -0.0800. The van der Waals surface area contributed by atoms with Gasteiger partial charge < -0.3 is 9.47 Å². The third kappa shape index (κ3) is 4.05. The van der Waals surface area contributed by atoms with Crippen LogP contribution >= 0.6 is 0 Å². The van der Waals surface area contributed by atoms with Crippen LogP contribution in [0.1, 0.15) is 112 Å². The van der Waals surface area contributed by atoms with E-state index in [1.807, 2.05) is 14.2 Å². The summed E-state index contributed by atoms with van der Waals surface area (Å²) < 4.78 is 11.8. The molecule has 0 aromatic heterocycles. The molecule has 0 aromatic rings. The molecule has 8 atom stereocenters. The zero-order valence-electron chi connectivity index (χ0n) is 21.8. The minimum Gasteiger partial charge on any atom is -0.353 e. The van der Waals surface area contributed by atoms with Crippen LogP contribution in [0.4, 0.5) is 0 Å². The van der Waals surface area contributed by atoms with Crippen molar-refractivity contribution in [1.29, 1.82) is 0 Å². The fraction of sp³-hybridized carbons (Fsp3) is 1.00. The van der Waals surface area contributed by atoms with Gasteiger partial charge in [-0.2, -0.15) is 0 Å². The maximum absolute atomic E-state index is 5.91. The van der Waals surface area contributed by atoms with Gasteiger partial charge in [0, 0.05) is 27.1 Å². The molecule has 0 aliphatic heterocycles. The standard InChI is InChI=1S/C29H52O2/c1-20(2)9-8-10-21(3)24-13-14-25-23-12-11-22-19-29(30-6,31-7)18-17-27(22,4)26(23)15-16-28(24,25)5/h20-26H,8-19H2,1-7H3/t21-,22-,23+,24-,25+,26+,27-,28+/m0/s1. The number of hydrogen-bond donors (Lipinski definition) is 0. The molecule has 0 N–H and O–H groups in total. The molecule has 4 aliphatic rings. The number of fused-ring (bicyclic) bond motifs is 5. The van der Waals surface area contributed by atoms with Crippen molar-refractivity contribution >= 4 is 0 Å². The molecule has 0 saturated heterocycles. The molecular weight excluding hydrogens is 380 g/mol. The second kappa shape index (κ2) is 8.94.